The fraction of sp³-hybridized carbons (Fsp3) is 0.833. The maximum atomic E-state index is 12.2. The van der Waals surface area contributed by atoms with Crippen LogP contribution in [0, 0.1) is 11.3 Å². The third-order valence-electron chi connectivity index (χ3n) is 3.47. The average Bonchev–Trinajstić information content (AvgIpc) is 2.56. The van der Waals surface area contributed by atoms with E-state index >= 15 is 0 Å². The predicted molar refractivity (Wildman–Crippen MR) is 65.9 cm³/mol. The molecule has 0 aromatic heterocycles. The lowest BCUT2D eigenvalue weighted by Crippen LogP contribution is -2.55. The van der Waals surface area contributed by atoms with Crippen molar-refractivity contribution in [1.82, 2.24) is 4.90 Å². The Morgan fingerprint density at radius 3 is 2.29 bits per heavy atom. The second-order valence-corrected chi connectivity index (χ2v) is 5.99. The molecule has 0 aliphatic carbocycles. The number of likely N-dealkylation sites (tertiary alicyclic amines) is 1. The first-order valence-electron chi connectivity index (χ1n) is 6.01. The first kappa shape index (κ1) is 14.0. The Kier molecular flexibility index (Phi) is 3.81. The quantitative estimate of drug-likeness (QED) is 0.717. The molecule has 0 aromatic rings. The summed E-state index contributed by atoms with van der Waals surface area (Å²) < 4.78 is 0. The molecule has 1 fully saturated rings. The van der Waals surface area contributed by atoms with Crippen LogP contribution in [0.15, 0.2) is 0 Å². The zero-order valence-electron chi connectivity index (χ0n) is 11.1. The lowest BCUT2D eigenvalue weighted by atomic mass is 9.86. The summed E-state index contributed by atoms with van der Waals surface area (Å²) >= 11 is 0. The highest BCUT2D eigenvalue weighted by atomic mass is 16.2. The molecular formula is C12H23N3O2. The molecule has 0 radical (unpaired) electrons. The topological polar surface area (TPSA) is 89.4 Å². The fourth-order valence-electron chi connectivity index (χ4n) is 2.18. The number of nitrogens with zero attached hydrogens (tertiary/aromatic N) is 1. The van der Waals surface area contributed by atoms with E-state index in [-0.39, 0.29) is 17.2 Å². The Hall–Kier alpha value is -1.10. The molecule has 1 rings (SSSR count). The molecule has 1 saturated heterocycles. The standard InChI is InChI=1S/C12H23N3O2/c1-7-5-6-15(8(7)10(14)16)11(17)9(13)12(2,3)4/h7-9H,5-6,13H2,1-4H3,(H2,14,16). The number of rotatable bonds is 2. The maximum Gasteiger partial charge on any atom is 0.240 e. The van der Waals surface area contributed by atoms with E-state index in [1.54, 1.807) is 4.90 Å². The van der Waals surface area contributed by atoms with Gasteiger partial charge in [0, 0.05) is 6.54 Å². The van der Waals surface area contributed by atoms with Gasteiger partial charge in [-0.15, -0.1) is 0 Å². The molecule has 0 bridgehead atoms. The lowest BCUT2D eigenvalue weighted by molar-refractivity contribution is -0.140. The zero-order valence-corrected chi connectivity index (χ0v) is 11.1. The summed E-state index contributed by atoms with van der Waals surface area (Å²) in [6.07, 6.45) is 0.802. The van der Waals surface area contributed by atoms with Gasteiger partial charge < -0.3 is 16.4 Å². The monoisotopic (exact) mass is 241 g/mol. The number of amides is 2. The van der Waals surface area contributed by atoms with Crippen LogP contribution >= 0.6 is 0 Å². The first-order valence-corrected chi connectivity index (χ1v) is 6.01. The van der Waals surface area contributed by atoms with Crippen molar-refractivity contribution in [1.29, 1.82) is 0 Å². The summed E-state index contributed by atoms with van der Waals surface area (Å²) in [5.74, 6) is -0.501. The van der Waals surface area contributed by atoms with E-state index in [2.05, 4.69) is 0 Å². The van der Waals surface area contributed by atoms with E-state index in [0.717, 1.165) is 6.42 Å². The van der Waals surface area contributed by atoms with Crippen molar-refractivity contribution >= 4 is 11.8 Å². The van der Waals surface area contributed by atoms with Gasteiger partial charge in [-0.25, -0.2) is 0 Å². The van der Waals surface area contributed by atoms with Crippen molar-refractivity contribution in [3.05, 3.63) is 0 Å². The van der Waals surface area contributed by atoms with Gasteiger partial charge >= 0.3 is 0 Å². The predicted octanol–water partition coefficient (Wildman–Crippen LogP) is 0.0821. The molecule has 1 aliphatic heterocycles. The van der Waals surface area contributed by atoms with Crippen molar-refractivity contribution in [3.8, 4) is 0 Å². The van der Waals surface area contributed by atoms with Crippen LogP contribution in [0.3, 0.4) is 0 Å². The van der Waals surface area contributed by atoms with E-state index in [0.29, 0.717) is 6.54 Å². The third-order valence-corrected chi connectivity index (χ3v) is 3.47. The number of primary amides is 1. The lowest BCUT2D eigenvalue weighted by Gasteiger charge is -2.32. The number of carbonyl (C=O) groups excluding carboxylic acids is 2. The van der Waals surface area contributed by atoms with Crippen molar-refractivity contribution in [2.45, 2.75) is 46.2 Å². The van der Waals surface area contributed by atoms with Gasteiger partial charge in [-0.2, -0.15) is 0 Å². The summed E-state index contributed by atoms with van der Waals surface area (Å²) in [5, 5.41) is 0. The fourth-order valence-corrected chi connectivity index (χ4v) is 2.18. The van der Waals surface area contributed by atoms with Crippen LogP contribution in [0.5, 0.6) is 0 Å². The molecule has 0 spiro atoms. The van der Waals surface area contributed by atoms with Gasteiger partial charge in [0.2, 0.25) is 11.8 Å². The van der Waals surface area contributed by atoms with Gasteiger partial charge in [0.15, 0.2) is 0 Å². The van der Waals surface area contributed by atoms with E-state index in [1.807, 2.05) is 27.7 Å². The van der Waals surface area contributed by atoms with Crippen molar-refractivity contribution < 1.29 is 9.59 Å². The smallest absolute Gasteiger partial charge is 0.240 e. The van der Waals surface area contributed by atoms with Crippen LogP contribution in [-0.4, -0.2) is 35.3 Å². The van der Waals surface area contributed by atoms with Crippen LogP contribution in [0.25, 0.3) is 0 Å². The summed E-state index contributed by atoms with van der Waals surface area (Å²) in [6.45, 7) is 8.24. The van der Waals surface area contributed by atoms with Gasteiger partial charge in [0.25, 0.3) is 0 Å². The molecule has 2 amide bonds. The van der Waals surface area contributed by atoms with Gasteiger partial charge in [-0.3, -0.25) is 9.59 Å². The molecule has 1 aliphatic rings. The van der Waals surface area contributed by atoms with E-state index in [9.17, 15) is 9.59 Å². The molecule has 98 valence electrons. The molecular weight excluding hydrogens is 218 g/mol. The largest absolute Gasteiger partial charge is 0.368 e. The van der Waals surface area contributed by atoms with Crippen LogP contribution in [0.1, 0.15) is 34.1 Å². The highest BCUT2D eigenvalue weighted by Gasteiger charge is 2.41. The highest BCUT2D eigenvalue weighted by molar-refractivity contribution is 5.90. The molecule has 3 atom stereocenters. The number of nitrogens with two attached hydrogens (primary N) is 2. The van der Waals surface area contributed by atoms with Crippen LogP contribution in [-0.2, 0) is 9.59 Å². The summed E-state index contributed by atoms with van der Waals surface area (Å²) in [7, 11) is 0. The highest BCUT2D eigenvalue weighted by Crippen LogP contribution is 2.27. The molecule has 0 saturated carbocycles. The molecule has 17 heavy (non-hydrogen) atoms. The Labute approximate surface area is 103 Å². The third kappa shape index (κ3) is 2.77. The number of hydrogen-bond acceptors (Lipinski definition) is 3. The van der Waals surface area contributed by atoms with Gasteiger partial charge in [0.1, 0.15) is 6.04 Å². The van der Waals surface area contributed by atoms with Gasteiger partial charge in [0.05, 0.1) is 6.04 Å². The summed E-state index contributed by atoms with van der Waals surface area (Å²) in [5.41, 5.74) is 11.0. The van der Waals surface area contributed by atoms with E-state index < -0.39 is 18.0 Å². The average molecular weight is 241 g/mol. The SMILES string of the molecule is CC1CCN(C(=O)C(N)C(C)(C)C)C1C(N)=O. The Balaban J connectivity index is 2.86. The van der Waals surface area contributed by atoms with Crippen molar-refractivity contribution in [3.63, 3.8) is 0 Å². The van der Waals surface area contributed by atoms with Crippen molar-refractivity contribution in [2.24, 2.45) is 22.8 Å². The van der Waals surface area contributed by atoms with Crippen molar-refractivity contribution in [2.75, 3.05) is 6.54 Å². The molecule has 5 nitrogen and oxygen atoms in total. The molecule has 3 unspecified atom stereocenters. The second kappa shape index (κ2) is 4.64. The second-order valence-electron chi connectivity index (χ2n) is 5.99. The molecule has 4 N–H and O–H groups in total. The normalized spacial score (nSPS) is 27.0. The zero-order chi connectivity index (χ0) is 13.4. The minimum absolute atomic E-state index is 0.114. The Bertz CT molecular complexity index is 322. The minimum atomic E-state index is -0.602. The Morgan fingerprint density at radius 1 is 1.35 bits per heavy atom. The number of hydrogen-bond donors (Lipinski definition) is 2. The Morgan fingerprint density at radius 2 is 1.88 bits per heavy atom. The van der Waals surface area contributed by atoms with Crippen LogP contribution < -0.4 is 11.5 Å². The van der Waals surface area contributed by atoms with Gasteiger partial charge in [-0.1, -0.05) is 27.7 Å². The first-order chi connectivity index (χ1) is 7.66. The number of carbonyl (C=O) groups is 2. The molecule has 1 heterocycles. The van der Waals surface area contributed by atoms with Crippen LogP contribution in [0.4, 0.5) is 0 Å². The minimum Gasteiger partial charge on any atom is -0.368 e. The molecule has 5 heteroatoms. The van der Waals surface area contributed by atoms with E-state index in [1.165, 1.54) is 0 Å². The van der Waals surface area contributed by atoms with Gasteiger partial charge in [-0.05, 0) is 17.8 Å². The van der Waals surface area contributed by atoms with Crippen LogP contribution in [0.2, 0.25) is 0 Å². The van der Waals surface area contributed by atoms with E-state index in [4.69, 9.17) is 11.5 Å². The summed E-state index contributed by atoms with van der Waals surface area (Å²) in [4.78, 5) is 25.2. The molecule has 0 aromatic carbocycles. The summed E-state index contributed by atoms with van der Waals surface area (Å²) in [6, 6.07) is -1.11. The maximum absolute atomic E-state index is 12.2.